The van der Waals surface area contributed by atoms with Gasteiger partial charge in [0.2, 0.25) is 5.43 Å². The summed E-state index contributed by atoms with van der Waals surface area (Å²) in [4.78, 5) is 27.4. The lowest BCUT2D eigenvalue weighted by atomic mass is 10.1. The predicted molar refractivity (Wildman–Crippen MR) is 95.3 cm³/mol. The Balaban J connectivity index is 1.83. The average Bonchev–Trinajstić information content (AvgIpc) is 2.61. The second-order valence-corrected chi connectivity index (χ2v) is 6.26. The number of benzene rings is 2. The molecule has 0 saturated carbocycles. The summed E-state index contributed by atoms with van der Waals surface area (Å²) < 4.78 is 5.80. The lowest BCUT2D eigenvalue weighted by molar-refractivity contribution is 0.0954. The molecule has 0 aliphatic carbocycles. The number of fused-ring (bicyclic) bond motifs is 2. The highest BCUT2D eigenvalue weighted by molar-refractivity contribution is 6.07. The van der Waals surface area contributed by atoms with Crippen molar-refractivity contribution in [1.82, 2.24) is 10.2 Å². The zero-order chi connectivity index (χ0) is 17.6. The van der Waals surface area contributed by atoms with Gasteiger partial charge in [0.25, 0.3) is 5.91 Å². The van der Waals surface area contributed by atoms with E-state index in [0.29, 0.717) is 28.9 Å². The lowest BCUT2D eigenvalue weighted by Gasteiger charge is -2.33. The summed E-state index contributed by atoms with van der Waals surface area (Å²) in [7, 11) is 0. The van der Waals surface area contributed by atoms with Crippen LogP contribution in [0.15, 0.2) is 47.3 Å². The minimum atomic E-state index is -0.422. The van der Waals surface area contributed by atoms with E-state index in [1.54, 1.807) is 23.1 Å². The molecule has 2 heterocycles. The zero-order valence-electron chi connectivity index (χ0n) is 13.9. The first-order chi connectivity index (χ1) is 12.0. The number of ether oxygens (including phenoxy) is 1. The topological polar surface area (TPSA) is 75.3 Å². The highest BCUT2D eigenvalue weighted by Crippen LogP contribution is 2.34. The molecule has 6 nitrogen and oxygen atoms in total. The number of hydrogen-bond donors (Lipinski definition) is 1. The normalized spacial score (nSPS) is 16.4. The molecule has 3 aromatic rings. The molecule has 126 valence electrons. The number of hydrogen-bond acceptors (Lipinski definition) is 4. The van der Waals surface area contributed by atoms with Crippen LogP contribution >= 0.6 is 0 Å². The number of rotatable bonds is 1. The third-order valence-corrected chi connectivity index (χ3v) is 4.30. The molecule has 0 saturated heterocycles. The molecule has 0 radical (unpaired) electrons. The van der Waals surface area contributed by atoms with E-state index in [1.807, 2.05) is 38.1 Å². The molecule has 4 rings (SSSR count). The van der Waals surface area contributed by atoms with Crippen LogP contribution in [0.5, 0.6) is 5.75 Å². The fraction of sp³-hybridized carbons (Fsp3) is 0.211. The maximum Gasteiger partial charge on any atom is 0.283 e. The van der Waals surface area contributed by atoms with E-state index >= 15 is 0 Å². The maximum atomic E-state index is 13.1. The van der Waals surface area contributed by atoms with Crippen LogP contribution in [0.3, 0.4) is 0 Å². The number of carbonyl (C=O) groups excluding carboxylic acids is 1. The summed E-state index contributed by atoms with van der Waals surface area (Å²) in [6.07, 6.45) is -0.168. The van der Waals surface area contributed by atoms with Gasteiger partial charge >= 0.3 is 0 Å². The van der Waals surface area contributed by atoms with E-state index in [4.69, 9.17) is 4.74 Å². The number of aromatic nitrogens is 2. The van der Waals surface area contributed by atoms with E-state index < -0.39 is 5.91 Å². The van der Waals surface area contributed by atoms with Crippen molar-refractivity contribution in [2.75, 3.05) is 11.4 Å². The summed E-state index contributed by atoms with van der Waals surface area (Å²) in [5, 5.41) is 7.28. The Bertz CT molecular complexity index is 1040. The van der Waals surface area contributed by atoms with Gasteiger partial charge in [0.15, 0.2) is 5.69 Å². The van der Waals surface area contributed by atoms with Gasteiger partial charge < -0.3 is 4.74 Å². The van der Waals surface area contributed by atoms with Crippen molar-refractivity contribution in [3.05, 3.63) is 63.9 Å². The van der Waals surface area contributed by atoms with Crippen molar-refractivity contribution >= 4 is 22.5 Å². The number of nitrogens with zero attached hydrogens (tertiary/aromatic N) is 2. The highest BCUT2D eigenvalue weighted by atomic mass is 16.5. The van der Waals surface area contributed by atoms with Gasteiger partial charge in [-0.2, -0.15) is 5.10 Å². The third kappa shape index (κ3) is 2.55. The smallest absolute Gasteiger partial charge is 0.283 e. The molecule has 6 heteroatoms. The maximum absolute atomic E-state index is 13.1. The molecule has 0 fully saturated rings. The Morgan fingerprint density at radius 1 is 1.28 bits per heavy atom. The third-order valence-electron chi connectivity index (χ3n) is 4.30. The zero-order valence-corrected chi connectivity index (χ0v) is 13.9. The van der Waals surface area contributed by atoms with E-state index in [2.05, 4.69) is 10.2 Å². The van der Waals surface area contributed by atoms with Crippen molar-refractivity contribution in [1.29, 1.82) is 0 Å². The van der Waals surface area contributed by atoms with Crippen LogP contribution in [0.1, 0.15) is 23.0 Å². The van der Waals surface area contributed by atoms with E-state index in [0.717, 1.165) is 5.56 Å². The monoisotopic (exact) mass is 335 g/mol. The van der Waals surface area contributed by atoms with Crippen molar-refractivity contribution in [3.63, 3.8) is 0 Å². The first kappa shape index (κ1) is 15.4. The minimum absolute atomic E-state index is 0.111. The SMILES string of the molecule is Cc1ccc2c(c1)N(C(=O)c1n[nH]c3ccccc3c1=O)C[C@@H](C)O2. The molecule has 1 N–H and O–H groups in total. The fourth-order valence-corrected chi connectivity index (χ4v) is 3.09. The Kier molecular flexibility index (Phi) is 3.53. The Morgan fingerprint density at radius 3 is 2.92 bits per heavy atom. The number of amides is 1. The van der Waals surface area contributed by atoms with E-state index in [1.165, 1.54) is 0 Å². The number of nitrogens with one attached hydrogen (secondary N) is 1. The van der Waals surface area contributed by atoms with Crippen LogP contribution in [-0.4, -0.2) is 28.8 Å². The average molecular weight is 335 g/mol. The van der Waals surface area contributed by atoms with E-state index in [9.17, 15) is 9.59 Å². The van der Waals surface area contributed by atoms with Gasteiger partial charge in [-0.15, -0.1) is 0 Å². The largest absolute Gasteiger partial charge is 0.487 e. The Hall–Kier alpha value is -3.15. The van der Waals surface area contributed by atoms with Crippen molar-refractivity contribution in [2.45, 2.75) is 20.0 Å². The predicted octanol–water partition coefficient (Wildman–Crippen LogP) is 2.66. The van der Waals surface area contributed by atoms with Crippen LogP contribution in [0, 0.1) is 6.92 Å². The number of H-pyrrole nitrogens is 1. The highest BCUT2D eigenvalue weighted by Gasteiger charge is 2.30. The minimum Gasteiger partial charge on any atom is -0.487 e. The molecule has 1 amide bonds. The molecule has 2 aromatic carbocycles. The first-order valence-corrected chi connectivity index (χ1v) is 8.11. The second kappa shape index (κ2) is 5.73. The van der Waals surface area contributed by atoms with Gasteiger partial charge in [-0.25, -0.2) is 0 Å². The van der Waals surface area contributed by atoms with Crippen LogP contribution in [-0.2, 0) is 0 Å². The van der Waals surface area contributed by atoms with Gasteiger partial charge in [-0.1, -0.05) is 18.2 Å². The molecule has 1 aromatic heterocycles. The van der Waals surface area contributed by atoms with Crippen LogP contribution < -0.4 is 15.1 Å². The molecule has 0 unspecified atom stereocenters. The van der Waals surface area contributed by atoms with Crippen molar-refractivity contribution in [2.24, 2.45) is 0 Å². The Labute approximate surface area is 144 Å². The molecule has 1 aliphatic rings. The second-order valence-electron chi connectivity index (χ2n) is 6.26. The quantitative estimate of drug-likeness (QED) is 0.742. The molecule has 0 bridgehead atoms. The van der Waals surface area contributed by atoms with Gasteiger partial charge in [-0.3, -0.25) is 19.6 Å². The number of para-hydroxylation sites is 1. The van der Waals surface area contributed by atoms with E-state index in [-0.39, 0.29) is 17.2 Å². The summed E-state index contributed by atoms with van der Waals surface area (Å²) >= 11 is 0. The van der Waals surface area contributed by atoms with Crippen molar-refractivity contribution < 1.29 is 9.53 Å². The fourth-order valence-electron chi connectivity index (χ4n) is 3.09. The van der Waals surface area contributed by atoms with Gasteiger partial charge in [0.05, 0.1) is 17.7 Å². The number of aryl methyl sites for hydroxylation is 1. The summed E-state index contributed by atoms with van der Waals surface area (Å²) in [6.45, 7) is 4.20. The summed E-state index contributed by atoms with van der Waals surface area (Å²) in [6, 6.07) is 12.7. The first-order valence-electron chi connectivity index (χ1n) is 8.11. The van der Waals surface area contributed by atoms with Crippen molar-refractivity contribution in [3.8, 4) is 5.75 Å². The summed E-state index contributed by atoms with van der Waals surface area (Å²) in [5.41, 5.74) is 1.80. The van der Waals surface area contributed by atoms with Gasteiger partial charge in [0, 0.05) is 5.39 Å². The lowest BCUT2D eigenvalue weighted by Crippen LogP contribution is -2.44. The van der Waals surface area contributed by atoms with Crippen LogP contribution in [0.2, 0.25) is 0 Å². The molecule has 0 spiro atoms. The number of anilines is 1. The van der Waals surface area contributed by atoms with Gasteiger partial charge in [0.1, 0.15) is 11.9 Å². The molecular formula is C19H17N3O3. The molecular weight excluding hydrogens is 318 g/mol. The molecule has 1 aliphatic heterocycles. The summed E-state index contributed by atoms with van der Waals surface area (Å²) in [5.74, 6) is 0.212. The standard InChI is InChI=1S/C19H17N3O3/c1-11-7-8-16-15(9-11)22(10-12(2)25-16)19(24)17-18(23)13-5-3-4-6-14(13)20-21-17/h3-9,12H,10H2,1-2H3,(H,20,23)/t12-/m1/s1. The molecule has 1 atom stereocenters. The number of carbonyl (C=O) groups is 1. The van der Waals surface area contributed by atoms with Crippen LogP contribution in [0.25, 0.3) is 10.9 Å². The van der Waals surface area contributed by atoms with Gasteiger partial charge in [-0.05, 0) is 43.7 Å². The Morgan fingerprint density at radius 2 is 2.08 bits per heavy atom. The number of aromatic amines is 1. The molecule has 25 heavy (non-hydrogen) atoms. The van der Waals surface area contributed by atoms with Crippen LogP contribution in [0.4, 0.5) is 5.69 Å².